The molecule has 3 aromatic heterocycles. The standard InChI is InChI=1S/C17H15N5O3S/c1-10(23)20-16-6-12-13(9-22(2)15(12)8-19-16)14-4-11(7-18)5-17(21-14)26(3,24)25/h4-6,8-9H,1-3H3,(H,19,20,23). The van der Waals surface area contributed by atoms with Gasteiger partial charge in [-0.2, -0.15) is 5.26 Å². The maximum Gasteiger partial charge on any atom is 0.222 e. The van der Waals surface area contributed by atoms with E-state index in [-0.39, 0.29) is 16.5 Å². The number of hydrogen-bond acceptors (Lipinski definition) is 6. The monoisotopic (exact) mass is 369 g/mol. The number of hydrogen-bond donors (Lipinski definition) is 1. The van der Waals surface area contributed by atoms with Gasteiger partial charge in [0.05, 0.1) is 29.0 Å². The predicted molar refractivity (Wildman–Crippen MR) is 96.1 cm³/mol. The van der Waals surface area contributed by atoms with Crippen LogP contribution >= 0.6 is 0 Å². The Labute approximate surface area is 150 Å². The van der Waals surface area contributed by atoms with Gasteiger partial charge in [-0.3, -0.25) is 4.79 Å². The van der Waals surface area contributed by atoms with E-state index in [2.05, 4.69) is 15.3 Å². The summed E-state index contributed by atoms with van der Waals surface area (Å²) in [4.78, 5) is 19.7. The number of aryl methyl sites for hydroxylation is 1. The number of nitrogens with one attached hydrogen (secondary N) is 1. The first kappa shape index (κ1) is 17.6. The number of carbonyl (C=O) groups excluding carboxylic acids is 1. The summed E-state index contributed by atoms with van der Waals surface area (Å²) in [5, 5.41) is 12.4. The van der Waals surface area contributed by atoms with Crippen molar-refractivity contribution in [1.82, 2.24) is 14.5 Å². The largest absolute Gasteiger partial charge is 0.349 e. The van der Waals surface area contributed by atoms with Crippen molar-refractivity contribution in [2.45, 2.75) is 11.9 Å². The number of fused-ring (bicyclic) bond motifs is 1. The van der Waals surface area contributed by atoms with Crippen LogP contribution < -0.4 is 5.32 Å². The van der Waals surface area contributed by atoms with Crippen LogP contribution in [0.3, 0.4) is 0 Å². The maximum atomic E-state index is 11.9. The SMILES string of the molecule is CC(=O)Nc1cc2c(-c3cc(C#N)cc(S(C)(=O)=O)n3)cn(C)c2cn1. The van der Waals surface area contributed by atoms with Gasteiger partial charge in [-0.05, 0) is 18.2 Å². The summed E-state index contributed by atoms with van der Waals surface area (Å²) < 4.78 is 25.6. The van der Waals surface area contributed by atoms with E-state index in [1.165, 1.54) is 19.1 Å². The van der Waals surface area contributed by atoms with Crippen molar-refractivity contribution in [2.24, 2.45) is 7.05 Å². The normalized spacial score (nSPS) is 11.3. The number of amides is 1. The zero-order valence-corrected chi connectivity index (χ0v) is 15.1. The van der Waals surface area contributed by atoms with Gasteiger partial charge >= 0.3 is 0 Å². The molecular formula is C17H15N5O3S. The molecule has 0 atom stereocenters. The molecule has 0 radical (unpaired) electrons. The van der Waals surface area contributed by atoms with Crippen LogP contribution in [0.4, 0.5) is 5.82 Å². The fourth-order valence-electron chi connectivity index (χ4n) is 2.63. The lowest BCUT2D eigenvalue weighted by Gasteiger charge is -2.05. The molecule has 3 aromatic rings. The summed E-state index contributed by atoms with van der Waals surface area (Å²) in [6.07, 6.45) is 4.43. The average Bonchev–Trinajstić information content (AvgIpc) is 2.89. The zero-order chi connectivity index (χ0) is 19.1. The van der Waals surface area contributed by atoms with Crippen LogP contribution in [0.2, 0.25) is 0 Å². The molecule has 0 bridgehead atoms. The quantitative estimate of drug-likeness (QED) is 0.753. The molecule has 9 heteroatoms. The van der Waals surface area contributed by atoms with E-state index in [9.17, 15) is 18.5 Å². The van der Waals surface area contributed by atoms with Gasteiger partial charge in [0.25, 0.3) is 0 Å². The van der Waals surface area contributed by atoms with Crippen molar-refractivity contribution in [3.63, 3.8) is 0 Å². The lowest BCUT2D eigenvalue weighted by Crippen LogP contribution is -2.07. The highest BCUT2D eigenvalue weighted by Gasteiger charge is 2.17. The second-order valence-corrected chi connectivity index (χ2v) is 7.85. The Kier molecular flexibility index (Phi) is 4.21. The molecule has 1 amide bonds. The van der Waals surface area contributed by atoms with Crippen LogP contribution in [0.25, 0.3) is 22.2 Å². The van der Waals surface area contributed by atoms with E-state index in [1.807, 2.05) is 17.7 Å². The Morgan fingerprint density at radius 3 is 2.65 bits per heavy atom. The lowest BCUT2D eigenvalue weighted by atomic mass is 10.1. The van der Waals surface area contributed by atoms with Crippen molar-refractivity contribution in [2.75, 3.05) is 11.6 Å². The van der Waals surface area contributed by atoms with Crippen LogP contribution in [-0.2, 0) is 21.7 Å². The number of rotatable bonds is 3. The second kappa shape index (κ2) is 6.24. The third-order valence-electron chi connectivity index (χ3n) is 3.77. The third-order valence-corrected chi connectivity index (χ3v) is 4.74. The molecule has 0 aliphatic carbocycles. The Bertz CT molecular complexity index is 1190. The van der Waals surface area contributed by atoms with E-state index >= 15 is 0 Å². The molecule has 1 N–H and O–H groups in total. The van der Waals surface area contributed by atoms with Crippen molar-refractivity contribution in [3.8, 4) is 17.3 Å². The van der Waals surface area contributed by atoms with Gasteiger partial charge in [0.1, 0.15) is 5.82 Å². The maximum absolute atomic E-state index is 11.9. The Morgan fingerprint density at radius 1 is 1.31 bits per heavy atom. The summed E-state index contributed by atoms with van der Waals surface area (Å²) in [6, 6.07) is 6.42. The summed E-state index contributed by atoms with van der Waals surface area (Å²) in [6.45, 7) is 1.38. The molecule has 0 aliphatic rings. The smallest absolute Gasteiger partial charge is 0.222 e. The fraction of sp³-hybridized carbons (Fsp3) is 0.176. The molecule has 26 heavy (non-hydrogen) atoms. The summed E-state index contributed by atoms with van der Waals surface area (Å²) in [7, 11) is -1.76. The highest BCUT2D eigenvalue weighted by Crippen LogP contribution is 2.31. The lowest BCUT2D eigenvalue weighted by molar-refractivity contribution is -0.114. The number of aromatic nitrogens is 3. The van der Waals surface area contributed by atoms with Gasteiger partial charge in [-0.15, -0.1) is 0 Å². The van der Waals surface area contributed by atoms with Crippen LogP contribution in [-0.4, -0.2) is 35.1 Å². The molecule has 132 valence electrons. The van der Waals surface area contributed by atoms with E-state index in [0.29, 0.717) is 17.1 Å². The number of anilines is 1. The van der Waals surface area contributed by atoms with Gasteiger partial charge in [-0.25, -0.2) is 18.4 Å². The van der Waals surface area contributed by atoms with Crippen molar-refractivity contribution in [1.29, 1.82) is 5.26 Å². The summed E-state index contributed by atoms with van der Waals surface area (Å²) in [5.41, 5.74) is 1.97. The minimum Gasteiger partial charge on any atom is -0.349 e. The molecule has 0 aromatic carbocycles. The number of pyridine rings is 2. The number of nitrogens with zero attached hydrogens (tertiary/aromatic N) is 4. The first-order valence-electron chi connectivity index (χ1n) is 7.54. The molecular weight excluding hydrogens is 354 g/mol. The number of nitriles is 1. The predicted octanol–water partition coefficient (Wildman–Crippen LogP) is 1.87. The van der Waals surface area contributed by atoms with Gasteiger partial charge in [0, 0.05) is 37.4 Å². The Morgan fingerprint density at radius 2 is 2.04 bits per heavy atom. The molecule has 0 saturated carbocycles. The van der Waals surface area contributed by atoms with E-state index in [0.717, 1.165) is 17.2 Å². The molecule has 0 spiro atoms. The fourth-order valence-corrected chi connectivity index (χ4v) is 3.23. The van der Waals surface area contributed by atoms with E-state index in [4.69, 9.17) is 0 Å². The number of sulfone groups is 1. The molecule has 0 unspecified atom stereocenters. The highest BCUT2D eigenvalue weighted by molar-refractivity contribution is 7.90. The van der Waals surface area contributed by atoms with Gasteiger partial charge in [0.15, 0.2) is 14.9 Å². The first-order chi connectivity index (χ1) is 12.2. The van der Waals surface area contributed by atoms with E-state index in [1.54, 1.807) is 18.5 Å². The summed E-state index contributed by atoms with van der Waals surface area (Å²) in [5.74, 6) is 0.121. The van der Waals surface area contributed by atoms with Crippen molar-refractivity contribution in [3.05, 3.63) is 36.2 Å². The first-order valence-corrected chi connectivity index (χ1v) is 9.43. The van der Waals surface area contributed by atoms with Gasteiger partial charge in [0.2, 0.25) is 5.91 Å². The topological polar surface area (TPSA) is 118 Å². The average molecular weight is 369 g/mol. The molecule has 0 saturated heterocycles. The van der Waals surface area contributed by atoms with Gasteiger partial charge in [-0.1, -0.05) is 0 Å². The van der Waals surface area contributed by atoms with Crippen molar-refractivity contribution < 1.29 is 13.2 Å². The van der Waals surface area contributed by atoms with Crippen LogP contribution in [0.1, 0.15) is 12.5 Å². The highest BCUT2D eigenvalue weighted by atomic mass is 32.2. The summed E-state index contributed by atoms with van der Waals surface area (Å²) >= 11 is 0. The molecule has 3 rings (SSSR count). The van der Waals surface area contributed by atoms with Crippen LogP contribution in [0, 0.1) is 11.3 Å². The van der Waals surface area contributed by atoms with Gasteiger partial charge < -0.3 is 9.88 Å². The Hall–Kier alpha value is -3.25. The van der Waals surface area contributed by atoms with Crippen molar-refractivity contribution >= 4 is 32.5 Å². The minimum atomic E-state index is -3.57. The van der Waals surface area contributed by atoms with Crippen LogP contribution in [0.5, 0.6) is 0 Å². The zero-order valence-electron chi connectivity index (χ0n) is 14.3. The van der Waals surface area contributed by atoms with Crippen LogP contribution in [0.15, 0.2) is 35.6 Å². The number of carbonyl (C=O) groups is 1. The minimum absolute atomic E-state index is 0.167. The second-order valence-electron chi connectivity index (χ2n) is 5.88. The molecule has 0 fully saturated rings. The third kappa shape index (κ3) is 3.27. The molecule has 0 aliphatic heterocycles. The van der Waals surface area contributed by atoms with E-state index < -0.39 is 9.84 Å². The Balaban J connectivity index is 2.28. The molecule has 3 heterocycles. The molecule has 8 nitrogen and oxygen atoms in total.